The second kappa shape index (κ2) is 22.5. The Morgan fingerprint density at radius 3 is 1.04 bits per heavy atom. The van der Waals surface area contributed by atoms with Gasteiger partial charge in [-0.3, -0.25) is 0 Å². The van der Waals surface area contributed by atoms with Crippen LogP contribution in [0.1, 0.15) is 124 Å². The summed E-state index contributed by atoms with van der Waals surface area (Å²) >= 11 is 0. The largest absolute Gasteiger partial charge is 1.00 e. The second-order valence-electron chi connectivity index (χ2n) is 8.56. The fourth-order valence-corrected chi connectivity index (χ4v) is 4.21. The van der Waals surface area contributed by atoms with E-state index in [9.17, 15) is 0 Å². The predicted molar refractivity (Wildman–Crippen MR) is 118 cm³/mol. The monoisotopic (exact) mass is 405 g/mol. The van der Waals surface area contributed by atoms with Crippen LogP contribution < -0.4 is 12.4 Å². The molecule has 166 valence electrons. The quantitative estimate of drug-likeness (QED) is 0.225. The van der Waals surface area contributed by atoms with E-state index < -0.39 is 0 Å². The molecular formula is C24H52ClNO. The summed E-state index contributed by atoms with van der Waals surface area (Å²) in [6.45, 7) is 13.0. The van der Waals surface area contributed by atoms with Crippen LogP contribution in [0.3, 0.4) is 0 Å². The summed E-state index contributed by atoms with van der Waals surface area (Å²) < 4.78 is 1.40. The van der Waals surface area contributed by atoms with Crippen molar-refractivity contribution in [3.05, 3.63) is 0 Å². The van der Waals surface area contributed by atoms with Crippen LogP contribution in [0, 0.1) is 0 Å². The number of hydrogen-bond acceptors (Lipinski definition) is 1. The number of quaternary nitrogens is 1. The van der Waals surface area contributed by atoms with Crippen molar-refractivity contribution in [2.45, 2.75) is 124 Å². The van der Waals surface area contributed by atoms with Gasteiger partial charge in [0.05, 0.1) is 26.2 Å². The van der Waals surface area contributed by atoms with Crippen molar-refractivity contribution in [2.75, 3.05) is 32.8 Å². The summed E-state index contributed by atoms with van der Waals surface area (Å²) in [5, 5.41) is 9.02. The zero-order valence-corrected chi connectivity index (χ0v) is 19.9. The SMILES string of the molecule is CCCCCC[N+](CCCCCC)(CCCCCC)CCCCCCO.[Cl-]. The van der Waals surface area contributed by atoms with E-state index in [4.69, 9.17) is 5.11 Å². The lowest BCUT2D eigenvalue weighted by Gasteiger charge is -2.39. The highest BCUT2D eigenvalue weighted by Gasteiger charge is 2.25. The van der Waals surface area contributed by atoms with E-state index in [0.717, 1.165) is 6.42 Å². The van der Waals surface area contributed by atoms with Gasteiger partial charge in [0.1, 0.15) is 0 Å². The van der Waals surface area contributed by atoms with Gasteiger partial charge in [-0.05, 0) is 57.8 Å². The molecule has 0 aliphatic heterocycles. The van der Waals surface area contributed by atoms with Gasteiger partial charge in [-0.1, -0.05) is 65.7 Å². The van der Waals surface area contributed by atoms with Crippen molar-refractivity contribution in [1.29, 1.82) is 0 Å². The third-order valence-corrected chi connectivity index (χ3v) is 6.00. The zero-order chi connectivity index (χ0) is 19.3. The third kappa shape index (κ3) is 18.0. The number of aliphatic hydroxyl groups excluding tert-OH is 1. The molecule has 0 amide bonds. The molecule has 0 aliphatic rings. The lowest BCUT2D eigenvalue weighted by molar-refractivity contribution is -0.929. The molecule has 0 heterocycles. The molecule has 0 saturated heterocycles. The summed E-state index contributed by atoms with van der Waals surface area (Å²) in [6, 6.07) is 0. The fraction of sp³-hybridized carbons (Fsp3) is 1.00. The minimum atomic E-state index is 0. The van der Waals surface area contributed by atoms with E-state index >= 15 is 0 Å². The lowest BCUT2D eigenvalue weighted by Crippen LogP contribution is -3.00. The molecule has 0 saturated carbocycles. The zero-order valence-electron chi connectivity index (χ0n) is 19.1. The molecule has 3 heteroatoms. The third-order valence-electron chi connectivity index (χ3n) is 6.00. The number of unbranched alkanes of at least 4 members (excludes halogenated alkanes) is 12. The molecule has 27 heavy (non-hydrogen) atoms. The highest BCUT2D eigenvalue weighted by molar-refractivity contribution is 4.53. The first-order valence-electron chi connectivity index (χ1n) is 12.2. The van der Waals surface area contributed by atoms with Crippen LogP contribution in [0.25, 0.3) is 0 Å². The Hall–Kier alpha value is 0.210. The van der Waals surface area contributed by atoms with Gasteiger partial charge in [-0.25, -0.2) is 0 Å². The molecule has 0 aromatic rings. The maximum absolute atomic E-state index is 9.02. The Morgan fingerprint density at radius 1 is 0.444 bits per heavy atom. The van der Waals surface area contributed by atoms with E-state index in [1.807, 2.05) is 0 Å². The molecule has 0 fully saturated rings. The van der Waals surface area contributed by atoms with Crippen LogP contribution in [0.2, 0.25) is 0 Å². The van der Waals surface area contributed by atoms with Crippen molar-refractivity contribution in [3.8, 4) is 0 Å². The number of hydrogen-bond donors (Lipinski definition) is 1. The average molecular weight is 406 g/mol. The molecule has 0 atom stereocenters. The van der Waals surface area contributed by atoms with Gasteiger partial charge in [0.2, 0.25) is 0 Å². The molecule has 0 unspecified atom stereocenters. The smallest absolute Gasteiger partial charge is 0.0786 e. The Balaban J connectivity index is 0. The van der Waals surface area contributed by atoms with Crippen LogP contribution in [0.5, 0.6) is 0 Å². The molecular weight excluding hydrogens is 354 g/mol. The van der Waals surface area contributed by atoms with E-state index in [0.29, 0.717) is 6.61 Å². The van der Waals surface area contributed by atoms with Gasteiger partial charge in [-0.2, -0.15) is 0 Å². The molecule has 0 aromatic heterocycles. The summed E-state index contributed by atoms with van der Waals surface area (Å²) in [4.78, 5) is 0. The topological polar surface area (TPSA) is 20.2 Å². The highest BCUT2D eigenvalue weighted by Crippen LogP contribution is 2.19. The maximum Gasteiger partial charge on any atom is 0.0786 e. The van der Waals surface area contributed by atoms with Crippen LogP contribution in [-0.4, -0.2) is 42.4 Å². The van der Waals surface area contributed by atoms with Gasteiger partial charge < -0.3 is 22.0 Å². The van der Waals surface area contributed by atoms with Crippen molar-refractivity contribution in [3.63, 3.8) is 0 Å². The van der Waals surface area contributed by atoms with Crippen LogP contribution >= 0.6 is 0 Å². The van der Waals surface area contributed by atoms with Crippen molar-refractivity contribution >= 4 is 0 Å². The number of nitrogens with zero attached hydrogens (tertiary/aromatic N) is 1. The Kier molecular flexibility index (Phi) is 24.5. The molecule has 1 N–H and O–H groups in total. The normalized spacial score (nSPS) is 11.6. The van der Waals surface area contributed by atoms with Gasteiger partial charge in [0, 0.05) is 6.61 Å². The molecule has 0 aliphatic carbocycles. The second-order valence-corrected chi connectivity index (χ2v) is 8.56. The standard InChI is InChI=1S/C24H52NO.ClH/c1-4-7-10-15-20-25(21-16-11-8-5-2,22-17-12-9-6-3)23-18-13-14-19-24-26;/h26H,4-24H2,1-3H3;1H/q+1;/p-1. The fourth-order valence-electron chi connectivity index (χ4n) is 4.21. The van der Waals surface area contributed by atoms with E-state index in [2.05, 4.69) is 20.8 Å². The molecule has 0 spiro atoms. The minimum Gasteiger partial charge on any atom is -1.00 e. The molecule has 0 rings (SSSR count). The van der Waals surface area contributed by atoms with Crippen molar-refractivity contribution in [2.24, 2.45) is 0 Å². The molecule has 2 nitrogen and oxygen atoms in total. The molecule has 0 bridgehead atoms. The number of aliphatic hydroxyl groups is 1. The first kappa shape index (κ1) is 29.4. The van der Waals surface area contributed by atoms with Gasteiger partial charge >= 0.3 is 0 Å². The van der Waals surface area contributed by atoms with Gasteiger partial charge in [-0.15, -0.1) is 0 Å². The van der Waals surface area contributed by atoms with E-state index in [-0.39, 0.29) is 12.4 Å². The van der Waals surface area contributed by atoms with Crippen LogP contribution in [-0.2, 0) is 0 Å². The first-order valence-corrected chi connectivity index (χ1v) is 12.2. The molecule has 0 radical (unpaired) electrons. The van der Waals surface area contributed by atoms with Gasteiger partial charge in [0.15, 0.2) is 0 Å². The Labute approximate surface area is 178 Å². The molecule has 0 aromatic carbocycles. The number of halogens is 1. The maximum atomic E-state index is 9.02. The van der Waals surface area contributed by atoms with Crippen LogP contribution in [0.15, 0.2) is 0 Å². The summed E-state index contributed by atoms with van der Waals surface area (Å²) in [5.41, 5.74) is 0. The Morgan fingerprint density at radius 2 is 0.741 bits per heavy atom. The summed E-state index contributed by atoms with van der Waals surface area (Å²) in [5.74, 6) is 0. The predicted octanol–water partition coefficient (Wildman–Crippen LogP) is 4.10. The van der Waals surface area contributed by atoms with E-state index in [1.54, 1.807) is 0 Å². The highest BCUT2D eigenvalue weighted by atomic mass is 35.5. The van der Waals surface area contributed by atoms with Crippen LogP contribution in [0.4, 0.5) is 0 Å². The van der Waals surface area contributed by atoms with Gasteiger partial charge in [0.25, 0.3) is 0 Å². The first-order chi connectivity index (χ1) is 12.7. The summed E-state index contributed by atoms with van der Waals surface area (Å²) in [6.07, 6.45) is 21.6. The Bertz CT molecular complexity index is 242. The van der Waals surface area contributed by atoms with E-state index in [1.165, 1.54) is 127 Å². The van der Waals surface area contributed by atoms with Crippen molar-refractivity contribution < 1.29 is 22.0 Å². The summed E-state index contributed by atoms with van der Waals surface area (Å²) in [7, 11) is 0. The average Bonchev–Trinajstić information content (AvgIpc) is 2.65. The lowest BCUT2D eigenvalue weighted by atomic mass is 10.1. The van der Waals surface area contributed by atoms with Crippen molar-refractivity contribution in [1.82, 2.24) is 0 Å². The minimum absolute atomic E-state index is 0. The number of rotatable bonds is 21.